The molecule has 0 aliphatic rings. The lowest BCUT2D eigenvalue weighted by atomic mass is 10.1. The average Bonchev–Trinajstić information content (AvgIpc) is 2.81. The molecule has 2 aromatic heterocycles. The van der Waals surface area contributed by atoms with E-state index in [0.717, 1.165) is 18.0 Å². The minimum absolute atomic E-state index is 0.144. The summed E-state index contributed by atoms with van der Waals surface area (Å²) in [5, 5.41) is 3.72. The van der Waals surface area contributed by atoms with Crippen molar-refractivity contribution < 1.29 is 13.2 Å². The molecule has 0 aromatic carbocycles. The molecule has 0 bridgehead atoms. The van der Waals surface area contributed by atoms with Gasteiger partial charge in [0.25, 0.3) is 0 Å². The standard InChI is InChI=1S/C11H11F3N4/c12-11(13,14)9-6-17-18(7-9)10(4-15)8-2-1-3-16-5-8/h1-3,5-7,10H,4,15H2. The summed E-state index contributed by atoms with van der Waals surface area (Å²) >= 11 is 0. The third kappa shape index (κ3) is 2.51. The predicted octanol–water partition coefficient (Wildman–Crippen LogP) is 1.85. The van der Waals surface area contributed by atoms with Gasteiger partial charge in [-0.2, -0.15) is 18.3 Å². The van der Waals surface area contributed by atoms with E-state index in [1.54, 1.807) is 24.5 Å². The monoisotopic (exact) mass is 256 g/mol. The number of aromatic nitrogens is 3. The zero-order valence-electron chi connectivity index (χ0n) is 9.30. The second-order valence-electron chi connectivity index (χ2n) is 3.74. The van der Waals surface area contributed by atoms with Crippen LogP contribution in [0.1, 0.15) is 17.2 Å². The first-order valence-corrected chi connectivity index (χ1v) is 5.23. The lowest BCUT2D eigenvalue weighted by molar-refractivity contribution is -0.137. The molecule has 1 atom stereocenters. The summed E-state index contributed by atoms with van der Waals surface area (Å²) in [6.45, 7) is 0.144. The van der Waals surface area contributed by atoms with E-state index >= 15 is 0 Å². The van der Waals surface area contributed by atoms with Gasteiger partial charge in [0.15, 0.2) is 0 Å². The van der Waals surface area contributed by atoms with E-state index in [-0.39, 0.29) is 6.54 Å². The van der Waals surface area contributed by atoms with Crippen LogP contribution in [0.4, 0.5) is 13.2 Å². The quantitative estimate of drug-likeness (QED) is 0.911. The number of rotatable bonds is 3. The van der Waals surface area contributed by atoms with Crippen LogP contribution >= 0.6 is 0 Å². The molecule has 1 unspecified atom stereocenters. The molecular formula is C11H11F3N4. The lowest BCUT2D eigenvalue weighted by Crippen LogP contribution is -2.21. The van der Waals surface area contributed by atoms with Crippen molar-refractivity contribution in [2.45, 2.75) is 12.2 Å². The van der Waals surface area contributed by atoms with Crippen molar-refractivity contribution in [3.05, 3.63) is 48.0 Å². The van der Waals surface area contributed by atoms with Crippen molar-refractivity contribution in [1.29, 1.82) is 0 Å². The van der Waals surface area contributed by atoms with Gasteiger partial charge in [-0.3, -0.25) is 9.67 Å². The zero-order valence-corrected chi connectivity index (χ0v) is 9.30. The molecule has 0 spiro atoms. The summed E-state index contributed by atoms with van der Waals surface area (Å²) in [5.41, 5.74) is 5.52. The van der Waals surface area contributed by atoms with Gasteiger partial charge < -0.3 is 5.73 Å². The van der Waals surface area contributed by atoms with Crippen LogP contribution in [-0.4, -0.2) is 21.3 Å². The predicted molar refractivity (Wildman–Crippen MR) is 58.7 cm³/mol. The molecule has 0 amide bonds. The van der Waals surface area contributed by atoms with Gasteiger partial charge in [-0.05, 0) is 11.6 Å². The minimum atomic E-state index is -4.40. The van der Waals surface area contributed by atoms with E-state index in [1.807, 2.05) is 0 Å². The molecule has 18 heavy (non-hydrogen) atoms. The van der Waals surface area contributed by atoms with Gasteiger partial charge in [0.2, 0.25) is 0 Å². The summed E-state index contributed by atoms with van der Waals surface area (Å²) in [6, 6.07) is 3.00. The van der Waals surface area contributed by atoms with Crippen LogP contribution in [0.15, 0.2) is 36.9 Å². The van der Waals surface area contributed by atoms with Crippen molar-refractivity contribution in [3.8, 4) is 0 Å². The maximum absolute atomic E-state index is 12.5. The second-order valence-corrected chi connectivity index (χ2v) is 3.74. The number of alkyl halides is 3. The van der Waals surface area contributed by atoms with Gasteiger partial charge in [-0.1, -0.05) is 6.07 Å². The van der Waals surface area contributed by atoms with Crippen LogP contribution in [0.5, 0.6) is 0 Å². The van der Waals surface area contributed by atoms with E-state index in [9.17, 15) is 13.2 Å². The van der Waals surface area contributed by atoms with Crippen LogP contribution < -0.4 is 5.73 Å². The van der Waals surface area contributed by atoms with Crippen LogP contribution in [-0.2, 0) is 6.18 Å². The fourth-order valence-corrected chi connectivity index (χ4v) is 1.62. The Morgan fingerprint density at radius 2 is 2.11 bits per heavy atom. The van der Waals surface area contributed by atoms with Crippen molar-refractivity contribution >= 4 is 0 Å². The fraction of sp³-hybridized carbons (Fsp3) is 0.273. The Balaban J connectivity index is 2.32. The zero-order chi connectivity index (χ0) is 13.2. The van der Waals surface area contributed by atoms with Gasteiger partial charge in [-0.15, -0.1) is 0 Å². The van der Waals surface area contributed by atoms with E-state index in [0.29, 0.717) is 0 Å². The number of hydrogen-bond acceptors (Lipinski definition) is 3. The third-order valence-corrected chi connectivity index (χ3v) is 2.54. The molecule has 0 aliphatic carbocycles. The summed E-state index contributed by atoms with van der Waals surface area (Å²) in [7, 11) is 0. The maximum atomic E-state index is 12.5. The molecule has 0 saturated carbocycles. The first-order valence-electron chi connectivity index (χ1n) is 5.23. The van der Waals surface area contributed by atoms with E-state index in [1.165, 1.54) is 4.68 Å². The first-order chi connectivity index (χ1) is 8.52. The first kappa shape index (κ1) is 12.6. The highest BCUT2D eigenvalue weighted by atomic mass is 19.4. The largest absolute Gasteiger partial charge is 0.419 e. The lowest BCUT2D eigenvalue weighted by Gasteiger charge is -2.15. The molecule has 0 radical (unpaired) electrons. The SMILES string of the molecule is NCC(c1cccnc1)n1cc(C(F)(F)F)cn1. The highest BCUT2D eigenvalue weighted by Gasteiger charge is 2.32. The van der Waals surface area contributed by atoms with Gasteiger partial charge in [0, 0.05) is 25.1 Å². The Kier molecular flexibility index (Phi) is 3.33. The van der Waals surface area contributed by atoms with Crippen LogP contribution in [0.25, 0.3) is 0 Å². The summed E-state index contributed by atoms with van der Waals surface area (Å²) in [6.07, 6.45) is 0.490. The highest BCUT2D eigenvalue weighted by molar-refractivity contribution is 5.17. The Bertz CT molecular complexity index is 507. The van der Waals surface area contributed by atoms with Gasteiger partial charge in [0.1, 0.15) is 0 Å². The molecule has 2 rings (SSSR count). The highest BCUT2D eigenvalue weighted by Crippen LogP contribution is 2.29. The third-order valence-electron chi connectivity index (χ3n) is 2.54. The van der Waals surface area contributed by atoms with Crippen molar-refractivity contribution in [2.75, 3.05) is 6.54 Å². The topological polar surface area (TPSA) is 56.7 Å². The van der Waals surface area contributed by atoms with Crippen LogP contribution in [0, 0.1) is 0 Å². The smallest absolute Gasteiger partial charge is 0.328 e. The van der Waals surface area contributed by atoms with Gasteiger partial charge >= 0.3 is 6.18 Å². The molecule has 7 heteroatoms. The minimum Gasteiger partial charge on any atom is -0.328 e. The normalized spacial score (nSPS) is 13.6. The Labute approximate surface area is 101 Å². The van der Waals surface area contributed by atoms with Crippen LogP contribution in [0.3, 0.4) is 0 Å². The van der Waals surface area contributed by atoms with Gasteiger partial charge in [-0.25, -0.2) is 0 Å². The molecule has 96 valence electrons. The van der Waals surface area contributed by atoms with E-state index in [4.69, 9.17) is 5.73 Å². The molecule has 0 aliphatic heterocycles. The van der Waals surface area contributed by atoms with E-state index in [2.05, 4.69) is 10.1 Å². The molecule has 4 nitrogen and oxygen atoms in total. The van der Waals surface area contributed by atoms with Crippen molar-refractivity contribution in [1.82, 2.24) is 14.8 Å². The Hall–Kier alpha value is -1.89. The van der Waals surface area contributed by atoms with Crippen LogP contribution in [0.2, 0.25) is 0 Å². The molecule has 2 heterocycles. The van der Waals surface area contributed by atoms with Gasteiger partial charge in [0.05, 0.1) is 17.8 Å². The fourth-order valence-electron chi connectivity index (χ4n) is 1.62. The van der Waals surface area contributed by atoms with Crippen molar-refractivity contribution in [3.63, 3.8) is 0 Å². The Morgan fingerprint density at radius 1 is 1.33 bits per heavy atom. The number of nitrogens with two attached hydrogens (primary N) is 1. The number of halogens is 3. The molecule has 0 fully saturated rings. The molecule has 2 N–H and O–H groups in total. The van der Waals surface area contributed by atoms with E-state index < -0.39 is 17.8 Å². The van der Waals surface area contributed by atoms with Crippen molar-refractivity contribution in [2.24, 2.45) is 5.73 Å². The second kappa shape index (κ2) is 4.77. The summed E-state index contributed by atoms with van der Waals surface area (Å²) in [4.78, 5) is 3.92. The average molecular weight is 256 g/mol. The Morgan fingerprint density at radius 3 is 2.61 bits per heavy atom. The molecule has 0 saturated heterocycles. The molecular weight excluding hydrogens is 245 g/mol. The number of pyridine rings is 1. The number of nitrogens with zero attached hydrogens (tertiary/aromatic N) is 3. The molecule has 2 aromatic rings. The summed E-state index contributed by atoms with van der Waals surface area (Å²) in [5.74, 6) is 0. The maximum Gasteiger partial charge on any atom is 0.419 e. The number of hydrogen-bond donors (Lipinski definition) is 1. The summed E-state index contributed by atoms with van der Waals surface area (Å²) < 4.78 is 38.6.